The number of likely N-dealkylation sites (N-methyl/N-ethyl adjacent to an activating group) is 1. The van der Waals surface area contributed by atoms with E-state index in [2.05, 4.69) is 0 Å². The van der Waals surface area contributed by atoms with Crippen molar-refractivity contribution in [3.8, 4) is 0 Å². The fourth-order valence-electron chi connectivity index (χ4n) is 3.01. The summed E-state index contributed by atoms with van der Waals surface area (Å²) in [7, 11) is -1.82. The topological polar surface area (TPSA) is 63.4 Å². The minimum atomic E-state index is -3.48. The highest BCUT2D eigenvalue weighted by atomic mass is 35.5. The third-order valence-corrected chi connectivity index (χ3v) is 6.31. The Morgan fingerprint density at radius 2 is 1.71 bits per heavy atom. The van der Waals surface area contributed by atoms with E-state index in [4.69, 9.17) is 5.73 Å². The van der Waals surface area contributed by atoms with Gasteiger partial charge >= 0.3 is 0 Å². The van der Waals surface area contributed by atoms with Crippen LogP contribution in [0.2, 0.25) is 0 Å². The summed E-state index contributed by atoms with van der Waals surface area (Å²) in [6.45, 7) is 6.07. The summed E-state index contributed by atoms with van der Waals surface area (Å²) in [6, 6.07) is 3.75. The lowest BCUT2D eigenvalue weighted by molar-refractivity contribution is 0.340. The molecule has 4 nitrogen and oxygen atoms in total. The largest absolute Gasteiger partial charge is 0.329 e. The van der Waals surface area contributed by atoms with Gasteiger partial charge in [-0.25, -0.2) is 8.42 Å². The van der Waals surface area contributed by atoms with E-state index in [1.165, 1.54) is 4.31 Å². The van der Waals surface area contributed by atoms with Crippen molar-refractivity contribution in [2.24, 2.45) is 11.7 Å². The number of halogens is 1. The summed E-state index contributed by atoms with van der Waals surface area (Å²) in [5.41, 5.74) is 8.48. The van der Waals surface area contributed by atoms with Gasteiger partial charge in [0, 0.05) is 19.6 Å². The van der Waals surface area contributed by atoms with E-state index >= 15 is 0 Å². The summed E-state index contributed by atoms with van der Waals surface area (Å²) in [4.78, 5) is 0.435. The van der Waals surface area contributed by atoms with E-state index < -0.39 is 10.0 Å². The molecule has 0 aromatic heterocycles. The highest BCUT2D eigenvalue weighted by Crippen LogP contribution is 2.37. The fourth-order valence-corrected chi connectivity index (χ4v) is 4.85. The molecule has 0 spiro atoms. The summed E-state index contributed by atoms with van der Waals surface area (Å²) in [5, 5.41) is 0. The first-order valence-corrected chi connectivity index (χ1v) is 8.49. The van der Waals surface area contributed by atoms with Crippen molar-refractivity contribution in [3.63, 3.8) is 0 Å². The van der Waals surface area contributed by atoms with Crippen LogP contribution in [-0.4, -0.2) is 32.4 Å². The number of sulfonamides is 1. The molecule has 0 radical (unpaired) electrons. The van der Waals surface area contributed by atoms with Crippen LogP contribution < -0.4 is 5.73 Å². The molecule has 1 aliphatic carbocycles. The normalized spacial score (nSPS) is 16.7. The van der Waals surface area contributed by atoms with Gasteiger partial charge in [-0.05, 0) is 50.7 Å². The zero-order chi connectivity index (χ0) is 15.1. The van der Waals surface area contributed by atoms with Crippen LogP contribution in [0.15, 0.2) is 17.0 Å². The van der Waals surface area contributed by atoms with Gasteiger partial charge in [-0.2, -0.15) is 4.31 Å². The molecule has 6 heteroatoms. The van der Waals surface area contributed by atoms with E-state index in [0.717, 1.165) is 29.5 Å². The molecule has 0 heterocycles. The first-order valence-electron chi connectivity index (χ1n) is 7.05. The van der Waals surface area contributed by atoms with E-state index in [9.17, 15) is 8.42 Å². The summed E-state index contributed by atoms with van der Waals surface area (Å²) in [5.74, 6) is 0.422. The smallest absolute Gasteiger partial charge is 0.243 e. The molecule has 1 aromatic rings. The van der Waals surface area contributed by atoms with Crippen LogP contribution >= 0.6 is 12.4 Å². The highest BCUT2D eigenvalue weighted by Gasteiger charge is 2.38. The number of nitrogens with two attached hydrogens (primary N) is 1. The molecule has 21 heavy (non-hydrogen) atoms. The lowest BCUT2D eigenvalue weighted by atomic mass is 10.1. The van der Waals surface area contributed by atoms with Crippen LogP contribution in [0, 0.1) is 26.7 Å². The minimum Gasteiger partial charge on any atom is -0.329 e. The number of rotatable bonds is 5. The predicted octanol–water partition coefficient (Wildman–Crippen LogP) is 2.39. The Labute approximate surface area is 134 Å². The molecule has 0 saturated heterocycles. The van der Waals surface area contributed by atoms with Gasteiger partial charge in [0.25, 0.3) is 0 Å². The van der Waals surface area contributed by atoms with Crippen molar-refractivity contribution in [3.05, 3.63) is 28.8 Å². The highest BCUT2D eigenvalue weighted by molar-refractivity contribution is 7.89. The molecule has 1 unspecified atom stereocenters. The third kappa shape index (κ3) is 3.59. The van der Waals surface area contributed by atoms with Gasteiger partial charge in [-0.3, -0.25) is 0 Å². The SMILES string of the molecule is Cc1cc(C)c(S(=O)(=O)N(C)C(CN)C2CC2)c(C)c1.Cl. The number of benzene rings is 1. The van der Waals surface area contributed by atoms with Gasteiger partial charge in [0.2, 0.25) is 10.0 Å². The first kappa shape index (κ1) is 18.4. The molecule has 2 rings (SSSR count). The summed E-state index contributed by atoms with van der Waals surface area (Å²) < 4.78 is 27.3. The molecular weight excluding hydrogens is 308 g/mol. The van der Waals surface area contributed by atoms with Crippen molar-refractivity contribution < 1.29 is 8.42 Å². The maximum atomic E-state index is 12.9. The molecule has 120 valence electrons. The van der Waals surface area contributed by atoms with E-state index in [0.29, 0.717) is 17.4 Å². The Kier molecular flexibility index (Phi) is 5.83. The molecule has 0 bridgehead atoms. The summed E-state index contributed by atoms with van der Waals surface area (Å²) in [6.07, 6.45) is 2.15. The van der Waals surface area contributed by atoms with Crippen molar-refractivity contribution in [2.45, 2.75) is 44.6 Å². The van der Waals surface area contributed by atoms with Gasteiger partial charge < -0.3 is 5.73 Å². The maximum Gasteiger partial charge on any atom is 0.243 e. The second kappa shape index (κ2) is 6.65. The number of hydrogen-bond donors (Lipinski definition) is 1. The molecule has 0 aliphatic heterocycles. The lowest BCUT2D eigenvalue weighted by Crippen LogP contribution is -2.43. The predicted molar refractivity (Wildman–Crippen MR) is 88.4 cm³/mol. The summed E-state index contributed by atoms with van der Waals surface area (Å²) >= 11 is 0. The average molecular weight is 333 g/mol. The Morgan fingerprint density at radius 1 is 1.24 bits per heavy atom. The zero-order valence-electron chi connectivity index (χ0n) is 13.1. The average Bonchev–Trinajstić information content (AvgIpc) is 3.12. The van der Waals surface area contributed by atoms with Gasteiger partial charge in [0.15, 0.2) is 0 Å². The molecule has 1 aromatic carbocycles. The molecule has 2 N–H and O–H groups in total. The Balaban J connectivity index is 0.00000220. The van der Waals surface area contributed by atoms with Crippen LogP contribution in [0.3, 0.4) is 0 Å². The van der Waals surface area contributed by atoms with Crippen LogP contribution in [0.25, 0.3) is 0 Å². The van der Waals surface area contributed by atoms with E-state index in [1.807, 2.05) is 32.9 Å². The Hall–Kier alpha value is -0.620. The monoisotopic (exact) mass is 332 g/mol. The van der Waals surface area contributed by atoms with Crippen LogP contribution in [0.5, 0.6) is 0 Å². The van der Waals surface area contributed by atoms with Gasteiger partial charge in [-0.1, -0.05) is 17.7 Å². The van der Waals surface area contributed by atoms with Crippen LogP contribution in [-0.2, 0) is 10.0 Å². The van der Waals surface area contributed by atoms with Crippen LogP contribution in [0.4, 0.5) is 0 Å². The molecule has 1 saturated carbocycles. The molecule has 1 aliphatic rings. The van der Waals surface area contributed by atoms with Gasteiger partial charge in [-0.15, -0.1) is 12.4 Å². The van der Waals surface area contributed by atoms with Crippen molar-refractivity contribution in [1.29, 1.82) is 0 Å². The lowest BCUT2D eigenvalue weighted by Gasteiger charge is -2.28. The number of aryl methyl sites for hydroxylation is 3. The van der Waals surface area contributed by atoms with Gasteiger partial charge in [0.05, 0.1) is 4.90 Å². The minimum absolute atomic E-state index is 0. The molecular formula is C15H25ClN2O2S. The quantitative estimate of drug-likeness (QED) is 0.900. The van der Waals surface area contributed by atoms with E-state index in [-0.39, 0.29) is 18.4 Å². The van der Waals surface area contributed by atoms with Crippen molar-refractivity contribution >= 4 is 22.4 Å². The Morgan fingerprint density at radius 3 is 2.10 bits per heavy atom. The van der Waals surface area contributed by atoms with E-state index in [1.54, 1.807) is 7.05 Å². The Bertz CT molecular complexity index is 589. The fraction of sp³-hybridized carbons (Fsp3) is 0.600. The third-order valence-electron chi connectivity index (χ3n) is 4.12. The first-order chi connectivity index (χ1) is 9.28. The van der Waals surface area contributed by atoms with Crippen LogP contribution in [0.1, 0.15) is 29.5 Å². The van der Waals surface area contributed by atoms with Gasteiger partial charge in [0.1, 0.15) is 0 Å². The van der Waals surface area contributed by atoms with Crippen molar-refractivity contribution in [2.75, 3.05) is 13.6 Å². The second-order valence-corrected chi connectivity index (χ2v) is 7.82. The molecule has 1 atom stereocenters. The molecule has 1 fully saturated rings. The molecule has 0 amide bonds. The maximum absolute atomic E-state index is 12.9. The standard InChI is InChI=1S/C15H24N2O2S.ClH/c1-10-7-11(2)15(12(3)8-10)20(18,19)17(4)14(9-16)13-5-6-13;/h7-8,13-14H,5-6,9,16H2,1-4H3;1H. The number of nitrogens with zero attached hydrogens (tertiary/aromatic N) is 1. The second-order valence-electron chi connectivity index (χ2n) is 5.89. The van der Waals surface area contributed by atoms with Crippen molar-refractivity contribution in [1.82, 2.24) is 4.31 Å². The zero-order valence-corrected chi connectivity index (χ0v) is 14.7. The number of hydrogen-bond acceptors (Lipinski definition) is 3.